The van der Waals surface area contributed by atoms with E-state index >= 15 is 0 Å². The van der Waals surface area contributed by atoms with E-state index < -0.39 is 5.97 Å². The summed E-state index contributed by atoms with van der Waals surface area (Å²) < 4.78 is 0. The van der Waals surface area contributed by atoms with Crippen molar-refractivity contribution in [3.8, 4) is 0 Å². The first-order valence-corrected chi connectivity index (χ1v) is 5.06. The quantitative estimate of drug-likeness (QED) is 0.570. The molecule has 0 aliphatic heterocycles. The van der Waals surface area contributed by atoms with Crippen LogP contribution in [0, 0.1) is 11.8 Å². The maximum Gasteiger partial charge on any atom is 0.307 e. The highest BCUT2D eigenvalue weighted by molar-refractivity contribution is 5.70. The van der Waals surface area contributed by atoms with Gasteiger partial charge in [-0.25, -0.2) is 0 Å². The van der Waals surface area contributed by atoms with E-state index in [1.165, 1.54) is 0 Å². The molecule has 3 unspecified atom stereocenters. The van der Waals surface area contributed by atoms with Gasteiger partial charge in [-0.1, -0.05) is 13.8 Å². The Morgan fingerprint density at radius 3 is 2.36 bits per heavy atom. The number of aliphatic hydroxyl groups excluding tert-OH is 1. The summed E-state index contributed by atoms with van der Waals surface area (Å²) in [6.45, 7) is 6.52. The number of nitrogens with one attached hydrogen (secondary N) is 1. The Hall–Kier alpha value is -0.610. The van der Waals surface area contributed by atoms with Gasteiger partial charge in [0, 0.05) is 12.6 Å². The fraction of sp³-hybridized carbons (Fsp3) is 0.900. The Balaban J connectivity index is 3.72. The molecular formula is C10H21NO3. The second-order valence-electron chi connectivity index (χ2n) is 3.94. The summed E-state index contributed by atoms with van der Waals surface area (Å²) in [5.41, 5.74) is 0. The zero-order valence-corrected chi connectivity index (χ0v) is 9.16. The predicted molar refractivity (Wildman–Crippen MR) is 55.1 cm³/mol. The number of carboxylic acids is 1. The molecule has 0 bridgehead atoms. The molecule has 0 amide bonds. The molecule has 0 aliphatic rings. The van der Waals surface area contributed by atoms with Gasteiger partial charge in [0.25, 0.3) is 0 Å². The summed E-state index contributed by atoms with van der Waals surface area (Å²) in [6, 6.07) is -0.0337. The first kappa shape index (κ1) is 13.4. The van der Waals surface area contributed by atoms with E-state index in [9.17, 15) is 4.79 Å². The highest BCUT2D eigenvalue weighted by Gasteiger charge is 2.18. The van der Waals surface area contributed by atoms with E-state index in [2.05, 4.69) is 5.32 Å². The molecule has 4 heteroatoms. The fourth-order valence-corrected chi connectivity index (χ4v) is 1.10. The molecule has 0 aromatic carbocycles. The minimum atomic E-state index is -0.778. The number of aliphatic hydroxyl groups is 1. The third kappa shape index (κ3) is 5.19. The predicted octanol–water partition coefficient (Wildman–Crippen LogP) is 0.704. The van der Waals surface area contributed by atoms with Gasteiger partial charge in [0.1, 0.15) is 0 Å². The van der Waals surface area contributed by atoms with Crippen LogP contribution in [0.15, 0.2) is 0 Å². The van der Waals surface area contributed by atoms with Crippen molar-refractivity contribution in [3.63, 3.8) is 0 Å². The topological polar surface area (TPSA) is 69.6 Å². The summed E-state index contributed by atoms with van der Waals surface area (Å²) in [5, 5.41) is 20.6. The summed E-state index contributed by atoms with van der Waals surface area (Å²) >= 11 is 0. The fourth-order valence-electron chi connectivity index (χ4n) is 1.10. The zero-order valence-electron chi connectivity index (χ0n) is 9.16. The van der Waals surface area contributed by atoms with Crippen LogP contribution in [-0.4, -0.2) is 35.4 Å². The molecule has 0 radical (unpaired) electrons. The van der Waals surface area contributed by atoms with Gasteiger partial charge in [-0.15, -0.1) is 0 Å². The smallest absolute Gasteiger partial charge is 0.307 e. The number of rotatable bonds is 7. The summed E-state index contributed by atoms with van der Waals surface area (Å²) in [4.78, 5) is 10.6. The monoisotopic (exact) mass is 203 g/mol. The number of aliphatic carboxylic acids is 1. The maximum absolute atomic E-state index is 10.6. The van der Waals surface area contributed by atoms with Crippen LogP contribution in [0.4, 0.5) is 0 Å². The van der Waals surface area contributed by atoms with Gasteiger partial charge in [0.05, 0.1) is 5.92 Å². The van der Waals surface area contributed by atoms with Gasteiger partial charge in [0.15, 0.2) is 0 Å². The molecule has 0 aromatic heterocycles. The van der Waals surface area contributed by atoms with E-state index in [0.717, 1.165) is 13.0 Å². The zero-order chi connectivity index (χ0) is 11.1. The van der Waals surface area contributed by atoms with Crippen molar-refractivity contribution in [1.82, 2.24) is 5.32 Å². The van der Waals surface area contributed by atoms with Crippen molar-refractivity contribution in [2.75, 3.05) is 13.2 Å². The van der Waals surface area contributed by atoms with Gasteiger partial charge in [-0.3, -0.25) is 4.79 Å². The summed E-state index contributed by atoms with van der Waals surface area (Å²) in [5.74, 6) is -0.778. The van der Waals surface area contributed by atoms with Crippen LogP contribution in [0.1, 0.15) is 27.2 Å². The van der Waals surface area contributed by atoms with E-state index in [-0.39, 0.29) is 18.6 Å². The highest BCUT2D eigenvalue weighted by Crippen LogP contribution is 2.04. The lowest BCUT2D eigenvalue weighted by molar-refractivity contribution is -0.141. The standard InChI is InChI=1S/C10H21NO3/c1-7(4-5-12)6-11-9(3)8(2)10(13)14/h7-9,11-12H,4-6H2,1-3H3,(H,13,14). The van der Waals surface area contributed by atoms with E-state index in [1.54, 1.807) is 6.92 Å². The molecule has 0 spiro atoms. The van der Waals surface area contributed by atoms with Crippen LogP contribution in [0.5, 0.6) is 0 Å². The van der Waals surface area contributed by atoms with Crippen molar-refractivity contribution in [3.05, 3.63) is 0 Å². The number of carbonyl (C=O) groups is 1. The van der Waals surface area contributed by atoms with Crippen LogP contribution in [0.2, 0.25) is 0 Å². The summed E-state index contributed by atoms with van der Waals surface area (Å²) in [7, 11) is 0. The van der Waals surface area contributed by atoms with Gasteiger partial charge in [-0.05, 0) is 25.8 Å². The Bertz CT molecular complexity index is 173. The van der Waals surface area contributed by atoms with Crippen LogP contribution >= 0.6 is 0 Å². The Kier molecular flexibility index (Phi) is 6.49. The Morgan fingerprint density at radius 2 is 1.93 bits per heavy atom. The third-order valence-electron chi connectivity index (χ3n) is 2.55. The second kappa shape index (κ2) is 6.79. The lowest BCUT2D eigenvalue weighted by atomic mass is 10.0. The van der Waals surface area contributed by atoms with Gasteiger partial charge < -0.3 is 15.5 Å². The Labute approximate surface area is 85.3 Å². The first-order chi connectivity index (χ1) is 6.49. The SMILES string of the molecule is CC(CCO)CNC(C)C(C)C(=O)O. The number of hydrogen-bond acceptors (Lipinski definition) is 3. The lowest BCUT2D eigenvalue weighted by Crippen LogP contribution is -2.38. The summed E-state index contributed by atoms with van der Waals surface area (Å²) in [6.07, 6.45) is 0.751. The van der Waals surface area contributed by atoms with Crippen molar-refractivity contribution >= 4 is 5.97 Å². The highest BCUT2D eigenvalue weighted by atomic mass is 16.4. The minimum absolute atomic E-state index is 0.0337. The normalized spacial score (nSPS) is 17.4. The largest absolute Gasteiger partial charge is 0.481 e. The Morgan fingerprint density at radius 1 is 1.36 bits per heavy atom. The third-order valence-corrected chi connectivity index (χ3v) is 2.55. The molecule has 3 atom stereocenters. The van der Waals surface area contributed by atoms with E-state index in [0.29, 0.717) is 5.92 Å². The molecule has 84 valence electrons. The van der Waals surface area contributed by atoms with Gasteiger partial charge in [-0.2, -0.15) is 0 Å². The van der Waals surface area contributed by atoms with Crippen LogP contribution < -0.4 is 5.32 Å². The van der Waals surface area contributed by atoms with E-state index in [4.69, 9.17) is 10.2 Å². The lowest BCUT2D eigenvalue weighted by Gasteiger charge is -2.20. The average Bonchev–Trinajstić information content (AvgIpc) is 2.13. The van der Waals surface area contributed by atoms with Crippen molar-refractivity contribution in [2.24, 2.45) is 11.8 Å². The maximum atomic E-state index is 10.6. The van der Waals surface area contributed by atoms with Crippen molar-refractivity contribution in [2.45, 2.75) is 33.2 Å². The molecule has 14 heavy (non-hydrogen) atoms. The molecular weight excluding hydrogens is 182 g/mol. The molecule has 0 fully saturated rings. The van der Waals surface area contributed by atoms with Crippen LogP contribution in [-0.2, 0) is 4.79 Å². The molecule has 0 aliphatic carbocycles. The molecule has 0 saturated carbocycles. The average molecular weight is 203 g/mol. The van der Waals surface area contributed by atoms with Crippen LogP contribution in [0.3, 0.4) is 0 Å². The molecule has 0 aromatic rings. The number of hydrogen-bond donors (Lipinski definition) is 3. The van der Waals surface area contributed by atoms with Crippen LogP contribution in [0.25, 0.3) is 0 Å². The molecule has 3 N–H and O–H groups in total. The molecule has 0 heterocycles. The van der Waals surface area contributed by atoms with Crippen molar-refractivity contribution in [1.29, 1.82) is 0 Å². The molecule has 0 rings (SSSR count). The van der Waals surface area contributed by atoms with Gasteiger partial charge >= 0.3 is 5.97 Å². The van der Waals surface area contributed by atoms with E-state index in [1.807, 2.05) is 13.8 Å². The second-order valence-corrected chi connectivity index (χ2v) is 3.94. The number of carboxylic acid groups (broad SMARTS) is 1. The molecule has 4 nitrogen and oxygen atoms in total. The first-order valence-electron chi connectivity index (χ1n) is 5.06. The van der Waals surface area contributed by atoms with Gasteiger partial charge in [0.2, 0.25) is 0 Å². The van der Waals surface area contributed by atoms with Crippen molar-refractivity contribution < 1.29 is 15.0 Å². The molecule has 0 saturated heterocycles. The minimum Gasteiger partial charge on any atom is -0.481 e.